The Bertz CT molecular complexity index is 337. The van der Waals surface area contributed by atoms with Crippen LogP contribution >= 0.6 is 0 Å². The third-order valence-electron chi connectivity index (χ3n) is 1.70. The summed E-state index contributed by atoms with van der Waals surface area (Å²) < 4.78 is 30.4. The van der Waals surface area contributed by atoms with E-state index in [0.717, 1.165) is 6.07 Å². The maximum atomic E-state index is 12.9. The van der Waals surface area contributed by atoms with Crippen LogP contribution < -0.4 is 4.74 Å². The Hall–Kier alpha value is -1.45. The van der Waals surface area contributed by atoms with Crippen molar-refractivity contribution in [2.45, 2.75) is 13.3 Å². The molecule has 0 aliphatic rings. The third kappa shape index (κ3) is 2.52. The van der Waals surface area contributed by atoms with Crippen LogP contribution in [0.5, 0.6) is 5.75 Å². The van der Waals surface area contributed by atoms with E-state index >= 15 is 0 Å². The van der Waals surface area contributed by atoms with Crippen LogP contribution in [0.15, 0.2) is 18.2 Å². The van der Waals surface area contributed by atoms with Crippen molar-refractivity contribution in [3.8, 4) is 5.75 Å². The molecular weight excluding hydrogens is 190 g/mol. The van der Waals surface area contributed by atoms with Crippen LogP contribution in [0.4, 0.5) is 8.78 Å². The Balaban J connectivity index is 2.68. The van der Waals surface area contributed by atoms with Gasteiger partial charge in [-0.05, 0) is 12.1 Å². The van der Waals surface area contributed by atoms with E-state index in [9.17, 15) is 13.6 Å². The van der Waals surface area contributed by atoms with E-state index in [1.54, 1.807) is 6.92 Å². The minimum Gasteiger partial charge on any atom is -0.483 e. The first-order valence-corrected chi connectivity index (χ1v) is 4.23. The maximum Gasteiger partial charge on any atom is 0.200 e. The van der Waals surface area contributed by atoms with Crippen LogP contribution in [-0.2, 0) is 4.79 Å². The van der Waals surface area contributed by atoms with Gasteiger partial charge in [0.25, 0.3) is 0 Å². The van der Waals surface area contributed by atoms with Gasteiger partial charge in [-0.25, -0.2) is 4.39 Å². The number of ether oxygens (including phenoxy) is 1. The fraction of sp³-hybridized carbons (Fsp3) is 0.300. The summed E-state index contributed by atoms with van der Waals surface area (Å²) in [6.45, 7) is 1.45. The van der Waals surface area contributed by atoms with Crippen molar-refractivity contribution in [1.29, 1.82) is 0 Å². The molecule has 0 atom stereocenters. The second-order valence-electron chi connectivity index (χ2n) is 2.73. The molecule has 76 valence electrons. The highest BCUT2D eigenvalue weighted by Crippen LogP contribution is 2.18. The van der Waals surface area contributed by atoms with Gasteiger partial charge in [-0.15, -0.1) is 0 Å². The van der Waals surface area contributed by atoms with E-state index in [1.807, 2.05) is 0 Å². The molecule has 0 unspecified atom stereocenters. The molecule has 1 rings (SSSR count). The predicted molar refractivity (Wildman–Crippen MR) is 47.2 cm³/mol. The normalized spacial score (nSPS) is 9.93. The minimum atomic E-state index is -1.06. The van der Waals surface area contributed by atoms with Crippen molar-refractivity contribution in [2.75, 3.05) is 6.61 Å². The summed E-state index contributed by atoms with van der Waals surface area (Å²) in [4.78, 5) is 10.8. The number of hydrogen-bond acceptors (Lipinski definition) is 2. The quantitative estimate of drug-likeness (QED) is 0.745. The van der Waals surface area contributed by atoms with Gasteiger partial charge in [0, 0.05) is 6.42 Å². The van der Waals surface area contributed by atoms with Gasteiger partial charge < -0.3 is 4.74 Å². The van der Waals surface area contributed by atoms with Crippen molar-refractivity contribution in [3.63, 3.8) is 0 Å². The molecule has 0 bridgehead atoms. The summed E-state index contributed by atoms with van der Waals surface area (Å²) in [5.41, 5.74) is 0. The predicted octanol–water partition coefficient (Wildman–Crippen LogP) is 2.32. The number of carbonyl (C=O) groups is 1. The standard InChI is InChI=1S/C10H10F2O2/c1-2-7(13)6-14-9-5-3-4-8(11)10(9)12/h3-5H,2,6H2,1H3. The zero-order valence-corrected chi connectivity index (χ0v) is 7.72. The smallest absolute Gasteiger partial charge is 0.200 e. The van der Waals surface area contributed by atoms with Crippen LogP contribution in [-0.4, -0.2) is 12.4 Å². The van der Waals surface area contributed by atoms with E-state index in [4.69, 9.17) is 4.74 Å². The average Bonchev–Trinajstić information content (AvgIpc) is 2.20. The molecule has 0 aliphatic carbocycles. The maximum absolute atomic E-state index is 12.9. The molecule has 4 heteroatoms. The summed E-state index contributed by atoms with van der Waals surface area (Å²) in [7, 11) is 0. The van der Waals surface area contributed by atoms with Crippen LogP contribution in [0.25, 0.3) is 0 Å². The first-order chi connectivity index (χ1) is 6.65. The molecule has 0 heterocycles. The molecule has 1 aromatic carbocycles. The summed E-state index contributed by atoms with van der Waals surface area (Å²) in [5, 5.41) is 0. The molecular formula is C10H10F2O2. The summed E-state index contributed by atoms with van der Waals surface area (Å²) in [6.07, 6.45) is 0.316. The third-order valence-corrected chi connectivity index (χ3v) is 1.70. The fourth-order valence-corrected chi connectivity index (χ4v) is 0.856. The molecule has 0 saturated heterocycles. The highest BCUT2D eigenvalue weighted by molar-refractivity contribution is 5.79. The Kier molecular flexibility index (Phi) is 3.56. The number of Topliss-reactive ketones (excluding diaryl/α,β-unsaturated/α-hetero) is 1. The molecule has 0 radical (unpaired) electrons. The summed E-state index contributed by atoms with van der Waals surface area (Å²) >= 11 is 0. The van der Waals surface area contributed by atoms with Gasteiger partial charge in [-0.3, -0.25) is 4.79 Å². The van der Waals surface area contributed by atoms with Crippen LogP contribution in [0.2, 0.25) is 0 Å². The number of rotatable bonds is 4. The summed E-state index contributed by atoms with van der Waals surface area (Å²) in [6, 6.07) is 3.59. The Morgan fingerprint density at radius 3 is 2.79 bits per heavy atom. The highest BCUT2D eigenvalue weighted by Gasteiger charge is 2.09. The SMILES string of the molecule is CCC(=O)COc1cccc(F)c1F. The first-order valence-electron chi connectivity index (χ1n) is 4.23. The van der Waals surface area contributed by atoms with Crippen molar-refractivity contribution in [1.82, 2.24) is 0 Å². The second kappa shape index (κ2) is 4.69. The van der Waals surface area contributed by atoms with Crippen molar-refractivity contribution >= 4 is 5.78 Å². The van der Waals surface area contributed by atoms with Gasteiger partial charge in [0.15, 0.2) is 17.3 Å². The Morgan fingerprint density at radius 2 is 2.14 bits per heavy atom. The van der Waals surface area contributed by atoms with Crippen LogP contribution in [0, 0.1) is 11.6 Å². The zero-order chi connectivity index (χ0) is 10.6. The summed E-state index contributed by atoms with van der Waals surface area (Å²) in [5.74, 6) is -2.43. The Morgan fingerprint density at radius 1 is 1.43 bits per heavy atom. The van der Waals surface area contributed by atoms with Crippen molar-refractivity contribution < 1.29 is 18.3 Å². The lowest BCUT2D eigenvalue weighted by Crippen LogP contribution is -2.10. The van der Waals surface area contributed by atoms with E-state index in [2.05, 4.69) is 0 Å². The lowest BCUT2D eigenvalue weighted by atomic mass is 10.3. The van der Waals surface area contributed by atoms with Gasteiger partial charge in [0.05, 0.1) is 0 Å². The minimum absolute atomic E-state index is 0.159. The molecule has 0 saturated carbocycles. The average molecular weight is 200 g/mol. The molecule has 1 aromatic rings. The van der Waals surface area contributed by atoms with E-state index in [0.29, 0.717) is 6.42 Å². The zero-order valence-electron chi connectivity index (χ0n) is 7.72. The number of ketones is 1. The molecule has 0 fully saturated rings. The molecule has 2 nitrogen and oxygen atoms in total. The molecule has 0 aromatic heterocycles. The van der Waals surface area contributed by atoms with E-state index in [-0.39, 0.29) is 18.1 Å². The molecule has 0 aliphatic heterocycles. The van der Waals surface area contributed by atoms with Gasteiger partial charge in [-0.2, -0.15) is 4.39 Å². The van der Waals surface area contributed by atoms with Gasteiger partial charge in [-0.1, -0.05) is 13.0 Å². The van der Waals surface area contributed by atoms with Crippen molar-refractivity contribution in [2.24, 2.45) is 0 Å². The fourth-order valence-electron chi connectivity index (χ4n) is 0.856. The number of hydrogen-bond donors (Lipinski definition) is 0. The number of benzene rings is 1. The largest absolute Gasteiger partial charge is 0.483 e. The second-order valence-corrected chi connectivity index (χ2v) is 2.73. The Labute approximate surface area is 80.5 Å². The van der Waals surface area contributed by atoms with Gasteiger partial charge >= 0.3 is 0 Å². The molecule has 0 N–H and O–H groups in total. The van der Waals surface area contributed by atoms with E-state index in [1.165, 1.54) is 12.1 Å². The topological polar surface area (TPSA) is 26.3 Å². The lowest BCUT2D eigenvalue weighted by molar-refractivity contribution is -0.120. The molecule has 0 spiro atoms. The van der Waals surface area contributed by atoms with Gasteiger partial charge in [0.1, 0.15) is 6.61 Å². The van der Waals surface area contributed by atoms with Crippen LogP contribution in [0.1, 0.15) is 13.3 Å². The highest BCUT2D eigenvalue weighted by atomic mass is 19.2. The van der Waals surface area contributed by atoms with Gasteiger partial charge in [0.2, 0.25) is 5.82 Å². The monoisotopic (exact) mass is 200 g/mol. The first kappa shape index (κ1) is 10.6. The molecule has 14 heavy (non-hydrogen) atoms. The molecule has 0 amide bonds. The van der Waals surface area contributed by atoms with E-state index < -0.39 is 11.6 Å². The lowest BCUT2D eigenvalue weighted by Gasteiger charge is -2.05. The van der Waals surface area contributed by atoms with Crippen molar-refractivity contribution in [3.05, 3.63) is 29.8 Å². The number of carbonyl (C=O) groups excluding carboxylic acids is 1. The van der Waals surface area contributed by atoms with Crippen LogP contribution in [0.3, 0.4) is 0 Å². The number of halogens is 2.